The van der Waals surface area contributed by atoms with Gasteiger partial charge in [-0.3, -0.25) is 9.00 Å². The summed E-state index contributed by atoms with van der Waals surface area (Å²) in [5, 5.41) is 0. The van der Waals surface area contributed by atoms with E-state index in [1.807, 2.05) is 0 Å². The maximum absolute atomic E-state index is 13.0. The Balaban J connectivity index is 1.99. The Labute approximate surface area is 113 Å². The van der Waals surface area contributed by atoms with Crippen molar-refractivity contribution in [3.8, 4) is 0 Å². The number of halogens is 2. The average molecular weight is 286 g/mol. The first kappa shape index (κ1) is 14.3. The Morgan fingerprint density at radius 1 is 1.16 bits per heavy atom. The first-order chi connectivity index (χ1) is 9.08. The molecule has 1 aromatic carbocycles. The Morgan fingerprint density at radius 2 is 1.84 bits per heavy atom. The highest BCUT2D eigenvalue weighted by Crippen LogP contribution is 2.25. The molecule has 1 aliphatic carbocycles. The van der Waals surface area contributed by atoms with Gasteiger partial charge in [0.1, 0.15) is 5.78 Å². The summed E-state index contributed by atoms with van der Waals surface area (Å²) >= 11 is 0. The molecule has 1 saturated carbocycles. The minimum absolute atomic E-state index is 0.0111. The van der Waals surface area contributed by atoms with Crippen molar-refractivity contribution in [3.05, 3.63) is 29.8 Å². The highest BCUT2D eigenvalue weighted by atomic mass is 32.2. The number of ketones is 1. The lowest BCUT2D eigenvalue weighted by Crippen LogP contribution is -2.23. The van der Waals surface area contributed by atoms with E-state index in [-0.39, 0.29) is 22.3 Å². The van der Waals surface area contributed by atoms with Crippen molar-refractivity contribution in [3.63, 3.8) is 0 Å². The topological polar surface area (TPSA) is 34.1 Å². The van der Waals surface area contributed by atoms with Gasteiger partial charge in [-0.2, -0.15) is 0 Å². The van der Waals surface area contributed by atoms with Gasteiger partial charge in [0.05, 0.1) is 16.6 Å². The van der Waals surface area contributed by atoms with Crippen LogP contribution in [-0.2, 0) is 15.6 Å². The summed E-state index contributed by atoms with van der Waals surface area (Å²) in [5.74, 6) is -2.14. The van der Waals surface area contributed by atoms with Gasteiger partial charge in [0.2, 0.25) is 0 Å². The van der Waals surface area contributed by atoms with E-state index in [1.54, 1.807) is 0 Å². The molecular formula is C14H16F2O2S. The Hall–Kier alpha value is -1.10. The van der Waals surface area contributed by atoms with Crippen molar-refractivity contribution in [2.24, 2.45) is 5.92 Å². The van der Waals surface area contributed by atoms with Crippen molar-refractivity contribution in [2.45, 2.75) is 37.0 Å². The van der Waals surface area contributed by atoms with Crippen LogP contribution in [0.4, 0.5) is 8.78 Å². The predicted molar refractivity (Wildman–Crippen MR) is 69.2 cm³/mol. The lowest BCUT2D eigenvalue weighted by Gasteiger charge is -2.19. The largest absolute Gasteiger partial charge is 0.298 e. The summed E-state index contributed by atoms with van der Waals surface area (Å²) in [6.45, 7) is 0. The van der Waals surface area contributed by atoms with E-state index in [9.17, 15) is 17.8 Å². The first-order valence-electron chi connectivity index (χ1n) is 6.44. The molecule has 0 spiro atoms. The number of hydrogen-bond acceptors (Lipinski definition) is 2. The number of carbonyl (C=O) groups excluding carboxylic acids is 1. The zero-order valence-corrected chi connectivity index (χ0v) is 11.3. The molecule has 19 heavy (non-hydrogen) atoms. The van der Waals surface area contributed by atoms with Crippen LogP contribution in [0.15, 0.2) is 23.1 Å². The summed E-state index contributed by atoms with van der Waals surface area (Å²) in [4.78, 5) is 12.1. The fraction of sp³-hybridized carbons (Fsp3) is 0.500. The van der Waals surface area contributed by atoms with Gasteiger partial charge < -0.3 is 0 Å². The molecule has 104 valence electrons. The third-order valence-corrected chi connectivity index (χ3v) is 4.81. The molecule has 1 aromatic rings. The third kappa shape index (κ3) is 3.69. The molecule has 2 rings (SSSR count). The number of benzene rings is 1. The van der Waals surface area contributed by atoms with E-state index in [2.05, 4.69) is 0 Å². The van der Waals surface area contributed by atoms with Crippen LogP contribution in [0.1, 0.15) is 32.1 Å². The minimum Gasteiger partial charge on any atom is -0.298 e. The Morgan fingerprint density at radius 3 is 2.47 bits per heavy atom. The van der Waals surface area contributed by atoms with E-state index in [0.29, 0.717) is 0 Å². The van der Waals surface area contributed by atoms with E-state index in [0.717, 1.165) is 44.2 Å². The smallest absolute Gasteiger partial charge is 0.160 e. The second kappa shape index (κ2) is 6.37. The highest BCUT2D eigenvalue weighted by Gasteiger charge is 2.23. The van der Waals surface area contributed by atoms with Crippen LogP contribution in [0.3, 0.4) is 0 Å². The van der Waals surface area contributed by atoms with Gasteiger partial charge in [0, 0.05) is 10.8 Å². The molecule has 1 unspecified atom stereocenters. The van der Waals surface area contributed by atoms with Crippen molar-refractivity contribution in [1.29, 1.82) is 0 Å². The van der Waals surface area contributed by atoms with Gasteiger partial charge in [-0.15, -0.1) is 0 Å². The fourth-order valence-corrected chi connectivity index (χ4v) is 3.49. The maximum Gasteiger partial charge on any atom is 0.160 e. The van der Waals surface area contributed by atoms with Gasteiger partial charge in [0.15, 0.2) is 11.6 Å². The molecule has 0 aromatic heterocycles. The summed E-state index contributed by atoms with van der Waals surface area (Å²) < 4.78 is 37.8. The molecule has 0 radical (unpaired) electrons. The quantitative estimate of drug-likeness (QED) is 0.851. The maximum atomic E-state index is 13.0. The number of hydrogen-bond donors (Lipinski definition) is 0. The third-order valence-electron chi connectivity index (χ3n) is 3.49. The number of Topliss-reactive ketones (excluding diaryl/α,β-unsaturated/α-hetero) is 1. The molecule has 0 N–H and O–H groups in total. The Kier molecular flexibility index (Phi) is 4.80. The lowest BCUT2D eigenvalue weighted by molar-refractivity contribution is -0.121. The normalized spacial score (nSPS) is 18.2. The predicted octanol–water partition coefficient (Wildman–Crippen LogP) is 3.22. The van der Waals surface area contributed by atoms with Crippen LogP contribution >= 0.6 is 0 Å². The van der Waals surface area contributed by atoms with Gasteiger partial charge in [-0.05, 0) is 31.0 Å². The van der Waals surface area contributed by atoms with Gasteiger partial charge in [-0.25, -0.2) is 8.78 Å². The molecule has 0 aliphatic heterocycles. The lowest BCUT2D eigenvalue weighted by atomic mass is 9.87. The standard InChI is InChI=1S/C14H16F2O2S/c15-12-7-6-11(8-13(12)16)19(18)9-14(17)10-4-2-1-3-5-10/h6-8,10H,1-5,9H2. The van der Waals surface area contributed by atoms with Crippen molar-refractivity contribution in [2.75, 3.05) is 5.75 Å². The van der Waals surface area contributed by atoms with Crippen LogP contribution in [0, 0.1) is 17.6 Å². The summed E-state index contributed by atoms with van der Waals surface area (Å²) in [5.41, 5.74) is 0. The van der Waals surface area contributed by atoms with Crippen molar-refractivity contribution >= 4 is 16.6 Å². The van der Waals surface area contributed by atoms with Crippen LogP contribution in [0.2, 0.25) is 0 Å². The van der Waals surface area contributed by atoms with E-state index >= 15 is 0 Å². The van der Waals surface area contributed by atoms with Crippen LogP contribution in [-0.4, -0.2) is 15.7 Å². The summed E-state index contributed by atoms with van der Waals surface area (Å²) in [6, 6.07) is 3.11. The first-order valence-corrected chi connectivity index (χ1v) is 7.76. The second-order valence-corrected chi connectivity index (χ2v) is 6.32. The average Bonchev–Trinajstić information content (AvgIpc) is 2.42. The molecule has 0 heterocycles. The van der Waals surface area contributed by atoms with Crippen LogP contribution in [0.5, 0.6) is 0 Å². The fourth-order valence-electron chi connectivity index (χ4n) is 2.37. The van der Waals surface area contributed by atoms with E-state index < -0.39 is 22.4 Å². The van der Waals surface area contributed by atoms with Gasteiger partial charge in [0.25, 0.3) is 0 Å². The zero-order valence-electron chi connectivity index (χ0n) is 10.5. The van der Waals surface area contributed by atoms with Crippen LogP contribution in [0.25, 0.3) is 0 Å². The minimum atomic E-state index is -1.59. The molecule has 1 fully saturated rings. The molecule has 0 bridgehead atoms. The van der Waals surface area contributed by atoms with Gasteiger partial charge in [-0.1, -0.05) is 19.3 Å². The van der Waals surface area contributed by atoms with Crippen LogP contribution < -0.4 is 0 Å². The molecule has 2 nitrogen and oxygen atoms in total. The van der Waals surface area contributed by atoms with Crippen molar-refractivity contribution in [1.82, 2.24) is 0 Å². The number of carbonyl (C=O) groups is 1. The summed E-state index contributed by atoms with van der Waals surface area (Å²) in [7, 11) is -1.59. The molecule has 1 atom stereocenters. The SMILES string of the molecule is O=C(CS(=O)c1ccc(F)c(F)c1)C1CCCCC1. The molecule has 1 aliphatic rings. The summed E-state index contributed by atoms with van der Waals surface area (Å²) in [6.07, 6.45) is 4.93. The monoisotopic (exact) mass is 286 g/mol. The molecule has 0 amide bonds. The van der Waals surface area contributed by atoms with E-state index in [4.69, 9.17) is 0 Å². The molecule has 0 saturated heterocycles. The second-order valence-electron chi connectivity index (χ2n) is 4.87. The van der Waals surface area contributed by atoms with Crippen molar-refractivity contribution < 1.29 is 17.8 Å². The Bertz CT molecular complexity index is 496. The zero-order chi connectivity index (χ0) is 13.8. The molecule has 5 heteroatoms. The van der Waals surface area contributed by atoms with Gasteiger partial charge >= 0.3 is 0 Å². The number of rotatable bonds is 4. The van der Waals surface area contributed by atoms with E-state index in [1.165, 1.54) is 6.07 Å². The molecular weight excluding hydrogens is 270 g/mol. The highest BCUT2D eigenvalue weighted by molar-refractivity contribution is 7.85.